The van der Waals surface area contributed by atoms with Crippen LogP contribution in [0.1, 0.15) is 59.3 Å². The highest BCUT2D eigenvalue weighted by Crippen LogP contribution is 2.43. The van der Waals surface area contributed by atoms with E-state index in [2.05, 4.69) is 30.0 Å². The Morgan fingerprint density at radius 3 is 2.00 bits per heavy atom. The third-order valence-corrected chi connectivity index (χ3v) is 3.51. The molecule has 0 aromatic heterocycles. The average Bonchev–Trinajstić information content (AvgIpc) is 1.83. The molecular weight excluding hydrogens is 163 g/mol. The largest absolute Gasteiger partial charge is 0.131 e. The zero-order valence-corrected chi connectivity index (χ0v) is 9.97. The van der Waals surface area contributed by atoms with Crippen LogP contribution >= 0.6 is 9.24 Å². The summed E-state index contributed by atoms with van der Waals surface area (Å²) in [6.07, 6.45) is 8.56. The molecule has 0 bridgehead atoms. The van der Waals surface area contributed by atoms with Crippen LogP contribution in [0, 0.1) is 5.41 Å². The maximum atomic E-state index is 3.13. The summed E-state index contributed by atoms with van der Waals surface area (Å²) in [5.74, 6) is 0. The monoisotopic (exact) mass is 186 g/mol. The van der Waals surface area contributed by atoms with Crippen molar-refractivity contribution in [1.82, 2.24) is 0 Å². The van der Waals surface area contributed by atoms with Gasteiger partial charge in [-0.15, -0.1) is 9.24 Å². The standard InChI is InChI=1S/C11H23P/c1-10(2,3)9-11(12)7-5-4-6-8-11/h4-9,12H2,1-3H3. The summed E-state index contributed by atoms with van der Waals surface area (Å²) < 4.78 is 0. The van der Waals surface area contributed by atoms with Gasteiger partial charge in [-0.3, -0.25) is 0 Å². The topological polar surface area (TPSA) is 0 Å². The molecule has 0 amide bonds. The molecule has 0 aromatic carbocycles. The Kier molecular flexibility index (Phi) is 3.21. The van der Waals surface area contributed by atoms with E-state index in [0.29, 0.717) is 10.6 Å². The maximum Gasteiger partial charge on any atom is -0.0145 e. The van der Waals surface area contributed by atoms with Gasteiger partial charge in [-0.2, -0.15) is 0 Å². The first-order chi connectivity index (χ1) is 5.41. The molecule has 1 heteroatoms. The minimum absolute atomic E-state index is 0.499. The Bertz CT molecular complexity index is 138. The second-order valence-corrected chi connectivity index (χ2v) is 6.89. The molecule has 1 aliphatic rings. The van der Waals surface area contributed by atoms with E-state index < -0.39 is 0 Å². The molecule has 1 aliphatic carbocycles. The SMILES string of the molecule is CC(C)(C)CC1(P)CCCCC1. The van der Waals surface area contributed by atoms with Crippen LogP contribution < -0.4 is 0 Å². The summed E-state index contributed by atoms with van der Waals surface area (Å²) in [5, 5.41) is 0.580. The predicted octanol–water partition coefficient (Wildman–Crippen LogP) is 4.00. The van der Waals surface area contributed by atoms with Crippen LogP contribution in [0.2, 0.25) is 0 Å². The smallest absolute Gasteiger partial charge is 0.0145 e. The van der Waals surface area contributed by atoms with Gasteiger partial charge in [-0.1, -0.05) is 40.0 Å². The Morgan fingerprint density at radius 2 is 1.58 bits per heavy atom. The van der Waals surface area contributed by atoms with Gasteiger partial charge in [0.1, 0.15) is 0 Å². The number of hydrogen-bond donors (Lipinski definition) is 0. The minimum Gasteiger partial charge on any atom is -0.131 e. The van der Waals surface area contributed by atoms with Crippen molar-refractivity contribution in [2.24, 2.45) is 5.41 Å². The highest BCUT2D eigenvalue weighted by Gasteiger charge is 2.31. The first kappa shape index (κ1) is 10.5. The van der Waals surface area contributed by atoms with Gasteiger partial charge in [0, 0.05) is 0 Å². The van der Waals surface area contributed by atoms with E-state index in [-0.39, 0.29) is 0 Å². The van der Waals surface area contributed by atoms with Gasteiger partial charge in [0.25, 0.3) is 0 Å². The molecule has 0 N–H and O–H groups in total. The van der Waals surface area contributed by atoms with Gasteiger partial charge in [-0.25, -0.2) is 0 Å². The van der Waals surface area contributed by atoms with Gasteiger partial charge in [0.2, 0.25) is 0 Å². The van der Waals surface area contributed by atoms with E-state index >= 15 is 0 Å². The molecule has 0 nitrogen and oxygen atoms in total. The summed E-state index contributed by atoms with van der Waals surface area (Å²) in [7, 11) is 3.13. The third kappa shape index (κ3) is 3.44. The molecule has 1 rings (SSSR count). The van der Waals surface area contributed by atoms with E-state index in [4.69, 9.17) is 0 Å². The fraction of sp³-hybridized carbons (Fsp3) is 1.00. The van der Waals surface area contributed by atoms with E-state index in [1.807, 2.05) is 0 Å². The van der Waals surface area contributed by atoms with Crippen molar-refractivity contribution < 1.29 is 0 Å². The number of rotatable bonds is 1. The van der Waals surface area contributed by atoms with Crippen molar-refractivity contribution in [3.8, 4) is 0 Å². The Morgan fingerprint density at radius 1 is 1.08 bits per heavy atom. The summed E-state index contributed by atoms with van der Waals surface area (Å²) in [4.78, 5) is 0. The Balaban J connectivity index is 2.47. The lowest BCUT2D eigenvalue weighted by molar-refractivity contribution is 0.268. The Labute approximate surface area is 79.7 Å². The third-order valence-electron chi connectivity index (χ3n) is 2.73. The quantitative estimate of drug-likeness (QED) is 0.543. The summed E-state index contributed by atoms with van der Waals surface area (Å²) in [6, 6.07) is 0. The van der Waals surface area contributed by atoms with Crippen LogP contribution in [0.3, 0.4) is 0 Å². The lowest BCUT2D eigenvalue weighted by Gasteiger charge is -2.38. The van der Waals surface area contributed by atoms with Crippen LogP contribution in [0.4, 0.5) is 0 Å². The molecule has 0 aliphatic heterocycles. The fourth-order valence-electron chi connectivity index (χ4n) is 2.49. The number of hydrogen-bond acceptors (Lipinski definition) is 0. The lowest BCUT2D eigenvalue weighted by atomic mass is 9.77. The second-order valence-electron chi connectivity index (χ2n) is 5.66. The van der Waals surface area contributed by atoms with Crippen molar-refractivity contribution in [3.05, 3.63) is 0 Å². The fourth-order valence-corrected chi connectivity index (χ4v) is 3.51. The normalized spacial score (nSPS) is 24.0. The van der Waals surface area contributed by atoms with Gasteiger partial charge in [0.15, 0.2) is 0 Å². The highest BCUT2D eigenvalue weighted by molar-refractivity contribution is 7.19. The van der Waals surface area contributed by atoms with E-state index in [0.717, 1.165) is 0 Å². The molecule has 0 heterocycles. The maximum absolute atomic E-state index is 3.13. The van der Waals surface area contributed by atoms with Crippen molar-refractivity contribution >= 4 is 9.24 Å². The molecule has 12 heavy (non-hydrogen) atoms. The molecule has 0 spiro atoms. The molecule has 0 saturated heterocycles. The van der Waals surface area contributed by atoms with Gasteiger partial charge < -0.3 is 0 Å². The zero-order chi connectivity index (χ0) is 9.24. The van der Waals surface area contributed by atoms with Crippen molar-refractivity contribution in [1.29, 1.82) is 0 Å². The molecule has 0 radical (unpaired) electrons. The average molecular weight is 186 g/mol. The molecular formula is C11H23P. The highest BCUT2D eigenvalue weighted by atomic mass is 31.0. The van der Waals surface area contributed by atoms with Crippen LogP contribution in [-0.2, 0) is 0 Å². The van der Waals surface area contributed by atoms with E-state index in [9.17, 15) is 0 Å². The van der Waals surface area contributed by atoms with Gasteiger partial charge in [-0.05, 0) is 29.8 Å². The first-order valence-electron chi connectivity index (χ1n) is 5.20. The first-order valence-corrected chi connectivity index (χ1v) is 5.78. The minimum atomic E-state index is 0.499. The van der Waals surface area contributed by atoms with Gasteiger partial charge in [0.05, 0.1) is 0 Å². The molecule has 1 atom stereocenters. The van der Waals surface area contributed by atoms with Crippen molar-refractivity contribution in [2.75, 3.05) is 0 Å². The van der Waals surface area contributed by atoms with Crippen LogP contribution in [0.25, 0.3) is 0 Å². The predicted molar refractivity (Wildman–Crippen MR) is 59.6 cm³/mol. The van der Waals surface area contributed by atoms with Crippen LogP contribution in [0.15, 0.2) is 0 Å². The Hall–Kier alpha value is 0.430. The molecule has 1 unspecified atom stereocenters. The summed E-state index contributed by atoms with van der Waals surface area (Å²) >= 11 is 0. The van der Waals surface area contributed by atoms with Crippen molar-refractivity contribution in [2.45, 2.75) is 64.5 Å². The van der Waals surface area contributed by atoms with Crippen LogP contribution in [-0.4, -0.2) is 5.16 Å². The molecule has 1 saturated carbocycles. The lowest BCUT2D eigenvalue weighted by Crippen LogP contribution is -2.29. The zero-order valence-electron chi connectivity index (χ0n) is 8.82. The second kappa shape index (κ2) is 3.66. The van der Waals surface area contributed by atoms with E-state index in [1.54, 1.807) is 0 Å². The van der Waals surface area contributed by atoms with Gasteiger partial charge >= 0.3 is 0 Å². The van der Waals surface area contributed by atoms with E-state index in [1.165, 1.54) is 38.5 Å². The molecule has 72 valence electrons. The summed E-state index contributed by atoms with van der Waals surface area (Å²) in [5.41, 5.74) is 0.499. The molecule has 1 fully saturated rings. The summed E-state index contributed by atoms with van der Waals surface area (Å²) in [6.45, 7) is 7.06. The van der Waals surface area contributed by atoms with Crippen molar-refractivity contribution in [3.63, 3.8) is 0 Å². The molecule has 0 aromatic rings. The van der Waals surface area contributed by atoms with Crippen LogP contribution in [0.5, 0.6) is 0 Å².